The van der Waals surface area contributed by atoms with Gasteiger partial charge in [0.15, 0.2) is 0 Å². The summed E-state index contributed by atoms with van der Waals surface area (Å²) in [6.07, 6.45) is 1.58. The molecule has 0 spiro atoms. The molecule has 14 heavy (non-hydrogen) atoms. The van der Waals surface area contributed by atoms with Crippen LogP contribution in [0.5, 0.6) is 0 Å². The Balaban J connectivity index is 2.81. The zero-order valence-electron chi connectivity index (χ0n) is 7.03. The third-order valence-corrected chi connectivity index (χ3v) is 2.30. The second-order valence-electron chi connectivity index (χ2n) is 2.49. The van der Waals surface area contributed by atoms with Gasteiger partial charge in [0.2, 0.25) is 0 Å². The van der Waals surface area contributed by atoms with E-state index in [1.54, 1.807) is 6.08 Å². The molecule has 0 aliphatic carbocycles. The van der Waals surface area contributed by atoms with Crippen molar-refractivity contribution in [1.29, 1.82) is 0 Å². The minimum absolute atomic E-state index is 0.105. The lowest BCUT2D eigenvalue weighted by Crippen LogP contribution is -2.01. The molecule has 0 bridgehead atoms. The van der Waals surface area contributed by atoms with Gasteiger partial charge in [-0.05, 0) is 22.0 Å². The Morgan fingerprint density at radius 1 is 1.36 bits per heavy atom. The van der Waals surface area contributed by atoms with Crippen LogP contribution < -0.4 is 5.32 Å². The lowest BCUT2D eigenvalue weighted by atomic mass is 10.3. The predicted octanol–water partition coefficient (Wildman–Crippen LogP) is 3.89. The molecular weight excluding hydrogens is 275 g/mol. The zero-order valence-corrected chi connectivity index (χ0v) is 9.37. The van der Waals surface area contributed by atoms with E-state index in [4.69, 9.17) is 11.6 Å². The first-order chi connectivity index (χ1) is 6.65. The van der Waals surface area contributed by atoms with Crippen molar-refractivity contribution in [2.24, 2.45) is 0 Å². The maximum Gasteiger partial charge on any atom is 0.147 e. The lowest BCUT2D eigenvalue weighted by molar-refractivity contribution is 0.597. The van der Waals surface area contributed by atoms with E-state index < -0.39 is 11.6 Å². The van der Waals surface area contributed by atoms with Crippen LogP contribution in [0.1, 0.15) is 0 Å². The highest BCUT2D eigenvalue weighted by Crippen LogP contribution is 2.23. The summed E-state index contributed by atoms with van der Waals surface area (Å²) in [7, 11) is 0. The summed E-state index contributed by atoms with van der Waals surface area (Å²) in [5, 5.41) is 2.67. The molecule has 0 aromatic heterocycles. The lowest BCUT2D eigenvalue weighted by Gasteiger charge is -2.05. The molecule has 1 aromatic rings. The van der Waals surface area contributed by atoms with E-state index in [2.05, 4.69) is 21.2 Å². The normalized spacial score (nSPS) is 10.9. The molecule has 0 aliphatic rings. The van der Waals surface area contributed by atoms with Crippen molar-refractivity contribution < 1.29 is 8.78 Å². The van der Waals surface area contributed by atoms with Gasteiger partial charge in [0.1, 0.15) is 11.6 Å². The Labute approximate surface area is 93.9 Å². The van der Waals surface area contributed by atoms with Gasteiger partial charge in [0.25, 0.3) is 0 Å². The van der Waals surface area contributed by atoms with Crippen LogP contribution in [-0.2, 0) is 0 Å². The van der Waals surface area contributed by atoms with Gasteiger partial charge in [-0.15, -0.1) is 0 Å². The number of benzene rings is 1. The Morgan fingerprint density at radius 3 is 2.71 bits per heavy atom. The molecule has 1 nitrogen and oxygen atoms in total. The Bertz CT molecular complexity index is 355. The molecule has 0 amide bonds. The van der Waals surface area contributed by atoms with E-state index in [-0.39, 0.29) is 10.2 Å². The molecular formula is C9H7BrClF2N. The molecule has 0 heterocycles. The van der Waals surface area contributed by atoms with Gasteiger partial charge in [-0.25, -0.2) is 8.78 Å². The summed E-state index contributed by atoms with van der Waals surface area (Å²) >= 11 is 8.15. The first kappa shape index (κ1) is 11.5. The monoisotopic (exact) mass is 281 g/mol. The minimum Gasteiger partial charge on any atom is -0.379 e. The topological polar surface area (TPSA) is 12.0 Å². The van der Waals surface area contributed by atoms with Gasteiger partial charge in [0, 0.05) is 18.1 Å². The van der Waals surface area contributed by atoms with Crippen LogP contribution in [0.2, 0.25) is 0 Å². The number of rotatable bonds is 3. The number of halogens is 4. The quantitative estimate of drug-likeness (QED) is 0.829. The van der Waals surface area contributed by atoms with E-state index >= 15 is 0 Å². The molecule has 0 saturated carbocycles. The SMILES string of the molecule is Fc1cc(NC/C=C/Cl)c(F)cc1Br. The van der Waals surface area contributed by atoms with Crippen LogP contribution in [0.25, 0.3) is 0 Å². The molecule has 76 valence electrons. The summed E-state index contributed by atoms with van der Waals surface area (Å²) in [4.78, 5) is 0. The molecule has 0 radical (unpaired) electrons. The zero-order chi connectivity index (χ0) is 10.6. The van der Waals surface area contributed by atoms with Gasteiger partial charge < -0.3 is 5.32 Å². The van der Waals surface area contributed by atoms with Crippen LogP contribution in [0.15, 0.2) is 28.2 Å². The molecule has 1 aromatic carbocycles. The molecule has 5 heteroatoms. The van der Waals surface area contributed by atoms with Crippen molar-refractivity contribution in [3.63, 3.8) is 0 Å². The van der Waals surface area contributed by atoms with Gasteiger partial charge in [-0.3, -0.25) is 0 Å². The van der Waals surface area contributed by atoms with Crippen molar-refractivity contribution in [1.82, 2.24) is 0 Å². The third kappa shape index (κ3) is 2.96. The number of anilines is 1. The van der Waals surface area contributed by atoms with Gasteiger partial charge in [-0.2, -0.15) is 0 Å². The summed E-state index contributed by atoms with van der Waals surface area (Å²) in [5.41, 5.74) is 1.42. The Hall–Kier alpha value is -0.610. The van der Waals surface area contributed by atoms with Gasteiger partial charge in [0.05, 0.1) is 10.2 Å². The minimum atomic E-state index is -0.513. The van der Waals surface area contributed by atoms with Crippen molar-refractivity contribution >= 4 is 33.2 Å². The third-order valence-electron chi connectivity index (χ3n) is 1.51. The predicted molar refractivity (Wildman–Crippen MR) is 57.5 cm³/mol. The largest absolute Gasteiger partial charge is 0.379 e. The first-order valence-electron chi connectivity index (χ1n) is 3.79. The molecule has 1 N–H and O–H groups in total. The standard InChI is InChI=1S/C9H7BrClF2N/c10-6-4-8(13)9(5-7(6)12)14-3-1-2-11/h1-2,4-5,14H,3H2/b2-1+. The van der Waals surface area contributed by atoms with Crippen LogP contribution in [0.4, 0.5) is 14.5 Å². The first-order valence-corrected chi connectivity index (χ1v) is 5.01. The highest BCUT2D eigenvalue weighted by molar-refractivity contribution is 9.10. The summed E-state index contributed by atoms with van der Waals surface area (Å²) in [5.74, 6) is -1.02. The molecule has 0 fully saturated rings. The maximum atomic E-state index is 13.1. The summed E-state index contributed by atoms with van der Waals surface area (Å²) in [6.45, 7) is 0.349. The molecule has 0 aliphatic heterocycles. The highest BCUT2D eigenvalue weighted by atomic mass is 79.9. The summed E-state index contributed by atoms with van der Waals surface area (Å²) in [6, 6.07) is 2.16. The fraction of sp³-hybridized carbons (Fsp3) is 0.111. The molecule has 0 saturated heterocycles. The van der Waals surface area contributed by atoms with Crippen LogP contribution >= 0.6 is 27.5 Å². The molecule has 0 atom stereocenters. The van der Waals surface area contributed by atoms with Crippen molar-refractivity contribution in [3.8, 4) is 0 Å². The average Bonchev–Trinajstić information content (AvgIpc) is 2.14. The summed E-state index contributed by atoms with van der Waals surface area (Å²) < 4.78 is 26.2. The Morgan fingerprint density at radius 2 is 2.07 bits per heavy atom. The smallest absolute Gasteiger partial charge is 0.147 e. The van der Waals surface area contributed by atoms with E-state index in [9.17, 15) is 8.78 Å². The fourth-order valence-corrected chi connectivity index (χ4v) is 1.28. The van der Waals surface area contributed by atoms with Crippen LogP contribution in [0, 0.1) is 11.6 Å². The second kappa shape index (κ2) is 5.32. The Kier molecular flexibility index (Phi) is 4.35. The fourth-order valence-electron chi connectivity index (χ4n) is 0.871. The van der Waals surface area contributed by atoms with E-state index in [1.807, 2.05) is 0 Å². The van der Waals surface area contributed by atoms with Crippen molar-refractivity contribution in [2.75, 3.05) is 11.9 Å². The van der Waals surface area contributed by atoms with E-state index in [0.717, 1.165) is 12.1 Å². The highest BCUT2D eigenvalue weighted by Gasteiger charge is 2.06. The molecule has 0 unspecified atom stereocenters. The van der Waals surface area contributed by atoms with Gasteiger partial charge in [-0.1, -0.05) is 17.7 Å². The van der Waals surface area contributed by atoms with Gasteiger partial charge >= 0.3 is 0 Å². The average molecular weight is 283 g/mol. The number of hydrogen-bond donors (Lipinski definition) is 1. The maximum absolute atomic E-state index is 13.1. The number of hydrogen-bond acceptors (Lipinski definition) is 1. The molecule has 1 rings (SSSR count). The van der Waals surface area contributed by atoms with Crippen LogP contribution in [-0.4, -0.2) is 6.54 Å². The van der Waals surface area contributed by atoms with Crippen molar-refractivity contribution in [3.05, 3.63) is 39.9 Å². The van der Waals surface area contributed by atoms with E-state index in [0.29, 0.717) is 6.54 Å². The van der Waals surface area contributed by atoms with E-state index in [1.165, 1.54) is 5.54 Å². The van der Waals surface area contributed by atoms with Crippen molar-refractivity contribution in [2.45, 2.75) is 0 Å². The van der Waals surface area contributed by atoms with Crippen LogP contribution in [0.3, 0.4) is 0 Å². The second-order valence-corrected chi connectivity index (χ2v) is 3.60. The number of nitrogens with one attached hydrogen (secondary N) is 1.